The number of rotatable bonds is 2. The minimum atomic E-state index is 0.623. The van der Waals surface area contributed by atoms with Crippen LogP contribution in [0.2, 0.25) is 4.34 Å². The van der Waals surface area contributed by atoms with Gasteiger partial charge in [-0.1, -0.05) is 16.1 Å². The summed E-state index contributed by atoms with van der Waals surface area (Å²) in [5.41, 5.74) is 0.937. The first-order valence-corrected chi connectivity index (χ1v) is 6.82. The van der Waals surface area contributed by atoms with Gasteiger partial charge in [0.1, 0.15) is 10.0 Å². The van der Waals surface area contributed by atoms with Crippen LogP contribution in [0.3, 0.4) is 0 Å². The molecule has 0 radical (unpaired) electrons. The van der Waals surface area contributed by atoms with Crippen LogP contribution in [0.1, 0.15) is 12.6 Å². The van der Waals surface area contributed by atoms with Gasteiger partial charge in [-0.15, -0.1) is 5.10 Å². The van der Waals surface area contributed by atoms with E-state index in [-0.39, 0.29) is 0 Å². The highest BCUT2D eigenvalue weighted by molar-refractivity contribution is 7.10. The Labute approximate surface area is 104 Å². The molecule has 0 saturated carbocycles. The van der Waals surface area contributed by atoms with Crippen molar-refractivity contribution in [3.8, 4) is 0 Å². The van der Waals surface area contributed by atoms with Crippen LogP contribution in [-0.2, 0) is 6.54 Å². The Balaban J connectivity index is 1.71. The van der Waals surface area contributed by atoms with E-state index in [9.17, 15) is 0 Å². The van der Waals surface area contributed by atoms with Crippen LogP contribution in [-0.4, -0.2) is 40.2 Å². The molecule has 1 aromatic rings. The fraction of sp³-hybridized carbons (Fsp3) is 0.800. The predicted octanol–water partition coefficient (Wildman–Crippen LogP) is 1.23. The summed E-state index contributed by atoms with van der Waals surface area (Å²) in [6.45, 7) is 6.64. The zero-order valence-electron chi connectivity index (χ0n) is 9.19. The largest absolute Gasteiger partial charge is 0.316 e. The maximum absolute atomic E-state index is 6.04. The van der Waals surface area contributed by atoms with Crippen LogP contribution in [0.5, 0.6) is 0 Å². The molecule has 0 aliphatic carbocycles. The smallest absolute Gasteiger partial charge is 0.138 e. The summed E-state index contributed by atoms with van der Waals surface area (Å²) in [4.78, 5) is 2.48. The first kappa shape index (κ1) is 10.9. The number of likely N-dealkylation sites (tertiary alicyclic amines) is 1. The number of fused-ring (bicyclic) bond motifs is 1. The average Bonchev–Trinajstić information content (AvgIpc) is 2.91. The van der Waals surface area contributed by atoms with Crippen molar-refractivity contribution in [3.05, 3.63) is 10.0 Å². The molecule has 0 spiro atoms. The molecule has 2 saturated heterocycles. The zero-order chi connectivity index (χ0) is 11.1. The standard InChI is InChI=1S/C10H15ClN4S/c1-6-8-3-12-2-7(8)4-15(6)5-9-10(11)16-14-13-9/h6-8,12H,2-5H2,1H3. The minimum Gasteiger partial charge on any atom is -0.316 e. The lowest BCUT2D eigenvalue weighted by Crippen LogP contribution is -2.32. The molecule has 3 rings (SSSR count). The molecule has 1 N–H and O–H groups in total. The molecule has 16 heavy (non-hydrogen) atoms. The van der Waals surface area contributed by atoms with Crippen molar-refractivity contribution < 1.29 is 0 Å². The lowest BCUT2D eigenvalue weighted by molar-refractivity contribution is 0.229. The van der Waals surface area contributed by atoms with E-state index in [1.807, 2.05) is 0 Å². The quantitative estimate of drug-likeness (QED) is 0.867. The Morgan fingerprint density at radius 3 is 3.12 bits per heavy atom. The van der Waals surface area contributed by atoms with Gasteiger partial charge in [-0.2, -0.15) is 0 Å². The molecule has 4 nitrogen and oxygen atoms in total. The number of hydrogen-bond acceptors (Lipinski definition) is 5. The van der Waals surface area contributed by atoms with Gasteiger partial charge in [-0.25, -0.2) is 0 Å². The molecular formula is C10H15ClN4S. The van der Waals surface area contributed by atoms with Crippen LogP contribution in [0.15, 0.2) is 0 Å². The highest BCUT2D eigenvalue weighted by Gasteiger charge is 2.41. The SMILES string of the molecule is CC1C2CNCC2CN1Cc1nnsc1Cl. The van der Waals surface area contributed by atoms with Crippen molar-refractivity contribution in [2.75, 3.05) is 19.6 Å². The molecule has 2 aliphatic rings. The topological polar surface area (TPSA) is 41.0 Å². The third kappa shape index (κ3) is 1.76. The second-order valence-electron chi connectivity index (χ2n) is 4.75. The summed E-state index contributed by atoms with van der Waals surface area (Å²) in [6, 6.07) is 0.623. The molecule has 0 bridgehead atoms. The highest BCUT2D eigenvalue weighted by Crippen LogP contribution is 2.33. The first-order valence-electron chi connectivity index (χ1n) is 5.67. The van der Waals surface area contributed by atoms with Crippen molar-refractivity contribution in [2.24, 2.45) is 11.8 Å². The third-order valence-electron chi connectivity index (χ3n) is 3.92. The average molecular weight is 259 g/mol. The van der Waals surface area contributed by atoms with E-state index < -0.39 is 0 Å². The lowest BCUT2D eigenvalue weighted by Gasteiger charge is -2.23. The van der Waals surface area contributed by atoms with Crippen LogP contribution in [0.25, 0.3) is 0 Å². The number of nitrogens with one attached hydrogen (secondary N) is 1. The molecule has 0 aromatic carbocycles. The molecular weight excluding hydrogens is 244 g/mol. The zero-order valence-corrected chi connectivity index (χ0v) is 10.8. The van der Waals surface area contributed by atoms with E-state index in [0.29, 0.717) is 6.04 Å². The minimum absolute atomic E-state index is 0.623. The first-order chi connectivity index (χ1) is 7.75. The summed E-state index contributed by atoms with van der Waals surface area (Å²) in [5.74, 6) is 1.60. The number of halogens is 1. The Morgan fingerprint density at radius 1 is 1.56 bits per heavy atom. The van der Waals surface area contributed by atoms with Crippen LogP contribution in [0, 0.1) is 11.8 Å². The second-order valence-corrected chi connectivity index (χ2v) is 6.10. The Kier molecular flexibility index (Phi) is 2.87. The predicted molar refractivity (Wildman–Crippen MR) is 64.6 cm³/mol. The molecule has 3 atom stereocenters. The monoisotopic (exact) mass is 258 g/mol. The van der Waals surface area contributed by atoms with Crippen molar-refractivity contribution >= 4 is 23.1 Å². The molecule has 6 heteroatoms. The third-order valence-corrected chi connectivity index (χ3v) is 4.90. The number of aromatic nitrogens is 2. The van der Waals surface area contributed by atoms with Gasteiger partial charge in [0.15, 0.2) is 0 Å². The molecule has 2 aliphatic heterocycles. The molecule has 2 fully saturated rings. The van der Waals surface area contributed by atoms with E-state index in [1.54, 1.807) is 0 Å². The van der Waals surface area contributed by atoms with E-state index in [4.69, 9.17) is 11.6 Å². The maximum atomic E-state index is 6.04. The summed E-state index contributed by atoms with van der Waals surface area (Å²) < 4.78 is 4.62. The van der Waals surface area contributed by atoms with Crippen molar-refractivity contribution in [1.82, 2.24) is 19.8 Å². The van der Waals surface area contributed by atoms with E-state index in [0.717, 1.165) is 48.0 Å². The Hall–Kier alpha value is -0.230. The molecule has 0 amide bonds. The van der Waals surface area contributed by atoms with Gasteiger partial charge in [-0.05, 0) is 31.8 Å². The van der Waals surface area contributed by atoms with Gasteiger partial charge in [0.05, 0.1) is 0 Å². The Morgan fingerprint density at radius 2 is 2.44 bits per heavy atom. The van der Waals surface area contributed by atoms with Crippen LogP contribution < -0.4 is 5.32 Å². The number of nitrogens with zero attached hydrogens (tertiary/aromatic N) is 3. The summed E-state index contributed by atoms with van der Waals surface area (Å²) in [6.07, 6.45) is 0. The van der Waals surface area contributed by atoms with Gasteiger partial charge >= 0.3 is 0 Å². The molecule has 3 unspecified atom stereocenters. The normalized spacial score (nSPS) is 34.5. The van der Waals surface area contributed by atoms with Gasteiger partial charge in [-0.3, -0.25) is 4.90 Å². The van der Waals surface area contributed by atoms with Gasteiger partial charge in [0.2, 0.25) is 0 Å². The van der Waals surface area contributed by atoms with Gasteiger partial charge < -0.3 is 5.32 Å². The summed E-state index contributed by atoms with van der Waals surface area (Å²) in [7, 11) is 0. The van der Waals surface area contributed by atoms with Crippen LogP contribution in [0.4, 0.5) is 0 Å². The van der Waals surface area contributed by atoms with Crippen LogP contribution >= 0.6 is 23.1 Å². The lowest BCUT2D eigenvalue weighted by atomic mass is 9.95. The van der Waals surface area contributed by atoms with Crippen molar-refractivity contribution in [2.45, 2.75) is 19.5 Å². The molecule has 3 heterocycles. The van der Waals surface area contributed by atoms with E-state index >= 15 is 0 Å². The fourth-order valence-electron chi connectivity index (χ4n) is 2.95. The summed E-state index contributed by atoms with van der Waals surface area (Å²) in [5, 5.41) is 7.55. The van der Waals surface area contributed by atoms with E-state index in [2.05, 4.69) is 26.7 Å². The van der Waals surface area contributed by atoms with Crippen molar-refractivity contribution in [1.29, 1.82) is 0 Å². The maximum Gasteiger partial charge on any atom is 0.138 e. The van der Waals surface area contributed by atoms with E-state index in [1.165, 1.54) is 11.5 Å². The molecule has 88 valence electrons. The van der Waals surface area contributed by atoms with Gasteiger partial charge in [0.25, 0.3) is 0 Å². The number of hydrogen-bond donors (Lipinski definition) is 1. The second kappa shape index (κ2) is 4.22. The fourth-order valence-corrected chi connectivity index (χ4v) is 3.56. The summed E-state index contributed by atoms with van der Waals surface area (Å²) >= 11 is 7.32. The Bertz CT molecular complexity index is 383. The molecule has 1 aromatic heterocycles. The van der Waals surface area contributed by atoms with Gasteiger partial charge in [0, 0.05) is 30.7 Å². The highest BCUT2D eigenvalue weighted by atomic mass is 35.5. The van der Waals surface area contributed by atoms with Crippen molar-refractivity contribution in [3.63, 3.8) is 0 Å².